The fourth-order valence-electron chi connectivity index (χ4n) is 2.52. The van der Waals surface area contributed by atoms with Crippen molar-refractivity contribution in [2.45, 2.75) is 13.0 Å². The van der Waals surface area contributed by atoms with Gasteiger partial charge in [0.2, 0.25) is 0 Å². The lowest BCUT2D eigenvalue weighted by Gasteiger charge is -2.12. The summed E-state index contributed by atoms with van der Waals surface area (Å²) in [6.45, 7) is 1.43. The first-order valence-corrected chi connectivity index (χ1v) is 7.57. The first-order valence-electron chi connectivity index (χ1n) is 6.78. The Hall–Kier alpha value is -1.88. The minimum absolute atomic E-state index is 0.674. The minimum Gasteiger partial charge on any atom is -0.497 e. The van der Waals surface area contributed by atoms with Crippen LogP contribution in [0.4, 0.5) is 11.4 Å². The zero-order chi connectivity index (χ0) is 14.8. The summed E-state index contributed by atoms with van der Waals surface area (Å²) in [4.78, 5) is 0. The van der Waals surface area contributed by atoms with Gasteiger partial charge in [0.05, 0.1) is 13.7 Å². The maximum Gasteiger partial charge on any atom is 0.127 e. The van der Waals surface area contributed by atoms with Gasteiger partial charge in [-0.05, 0) is 23.8 Å². The van der Waals surface area contributed by atoms with Gasteiger partial charge in [-0.1, -0.05) is 15.9 Å². The van der Waals surface area contributed by atoms with Crippen molar-refractivity contribution in [1.29, 1.82) is 0 Å². The SMILES string of the molecule is COc1cc(N)cc(NCc2cc(Br)cc3c2OCC3)c1. The average molecular weight is 349 g/mol. The molecule has 1 heterocycles. The Labute approximate surface area is 132 Å². The third-order valence-corrected chi connectivity index (χ3v) is 3.93. The molecule has 0 saturated heterocycles. The second-order valence-corrected chi connectivity index (χ2v) is 5.92. The second-order valence-electron chi connectivity index (χ2n) is 5.00. The monoisotopic (exact) mass is 348 g/mol. The van der Waals surface area contributed by atoms with Crippen LogP contribution in [0.3, 0.4) is 0 Å². The van der Waals surface area contributed by atoms with Gasteiger partial charge in [0.15, 0.2) is 0 Å². The number of nitrogens with two attached hydrogens (primary N) is 1. The van der Waals surface area contributed by atoms with Crippen molar-refractivity contribution >= 4 is 27.3 Å². The van der Waals surface area contributed by atoms with E-state index < -0.39 is 0 Å². The molecule has 0 unspecified atom stereocenters. The maximum absolute atomic E-state index is 5.87. The quantitative estimate of drug-likeness (QED) is 0.829. The van der Waals surface area contributed by atoms with Gasteiger partial charge in [-0.3, -0.25) is 0 Å². The van der Waals surface area contributed by atoms with Gasteiger partial charge >= 0.3 is 0 Å². The predicted molar refractivity (Wildman–Crippen MR) is 88.1 cm³/mol. The van der Waals surface area contributed by atoms with E-state index in [0.29, 0.717) is 12.2 Å². The normalized spacial score (nSPS) is 12.7. The number of methoxy groups -OCH3 is 1. The summed E-state index contributed by atoms with van der Waals surface area (Å²) in [5, 5.41) is 3.37. The Morgan fingerprint density at radius 3 is 2.95 bits per heavy atom. The van der Waals surface area contributed by atoms with Gasteiger partial charge < -0.3 is 20.5 Å². The van der Waals surface area contributed by atoms with E-state index in [1.54, 1.807) is 13.2 Å². The standard InChI is InChI=1S/C16H17BrN2O2/c1-20-15-7-13(18)6-14(8-15)19-9-11-5-12(17)4-10-2-3-21-16(10)11/h4-8,19H,2-3,9,18H2,1H3. The maximum atomic E-state index is 5.87. The number of halogens is 1. The molecule has 1 aliphatic rings. The summed E-state index contributed by atoms with van der Waals surface area (Å²) < 4.78 is 12.0. The number of hydrogen-bond acceptors (Lipinski definition) is 4. The van der Waals surface area contributed by atoms with Crippen LogP contribution in [-0.4, -0.2) is 13.7 Å². The lowest BCUT2D eigenvalue weighted by Crippen LogP contribution is -2.02. The van der Waals surface area contributed by atoms with Crippen molar-refractivity contribution in [2.75, 3.05) is 24.8 Å². The molecule has 2 aromatic carbocycles. The van der Waals surface area contributed by atoms with Crippen molar-refractivity contribution in [2.24, 2.45) is 0 Å². The molecule has 4 nitrogen and oxygen atoms in total. The van der Waals surface area contributed by atoms with E-state index in [1.807, 2.05) is 12.1 Å². The molecule has 21 heavy (non-hydrogen) atoms. The van der Waals surface area contributed by atoms with Gasteiger partial charge in [-0.25, -0.2) is 0 Å². The molecule has 0 fully saturated rings. The summed E-state index contributed by atoms with van der Waals surface area (Å²) in [6.07, 6.45) is 0.966. The number of fused-ring (bicyclic) bond motifs is 1. The van der Waals surface area contributed by atoms with Crippen molar-refractivity contribution in [1.82, 2.24) is 0 Å². The van der Waals surface area contributed by atoms with Gasteiger partial charge in [-0.15, -0.1) is 0 Å². The molecule has 2 aromatic rings. The highest BCUT2D eigenvalue weighted by molar-refractivity contribution is 9.10. The molecular weight excluding hydrogens is 332 g/mol. The van der Waals surface area contributed by atoms with E-state index in [1.165, 1.54) is 5.56 Å². The number of benzene rings is 2. The summed E-state index contributed by atoms with van der Waals surface area (Å²) in [6, 6.07) is 9.82. The van der Waals surface area contributed by atoms with Gasteiger partial charge in [0.25, 0.3) is 0 Å². The number of rotatable bonds is 4. The van der Waals surface area contributed by atoms with Crippen LogP contribution in [-0.2, 0) is 13.0 Å². The third-order valence-electron chi connectivity index (χ3n) is 3.47. The van der Waals surface area contributed by atoms with E-state index >= 15 is 0 Å². The molecular formula is C16H17BrN2O2. The molecule has 0 atom stereocenters. The lowest BCUT2D eigenvalue weighted by atomic mass is 10.1. The number of anilines is 2. The first kappa shape index (κ1) is 14.1. The molecule has 0 spiro atoms. The molecule has 3 rings (SSSR count). The highest BCUT2D eigenvalue weighted by Gasteiger charge is 2.17. The third kappa shape index (κ3) is 3.08. The molecule has 5 heteroatoms. The molecule has 1 aliphatic heterocycles. The predicted octanol–water partition coefficient (Wildman–Crippen LogP) is 3.59. The topological polar surface area (TPSA) is 56.5 Å². The van der Waals surface area contributed by atoms with Crippen LogP contribution < -0.4 is 20.5 Å². The van der Waals surface area contributed by atoms with Crippen LogP contribution in [0.25, 0.3) is 0 Å². The summed E-state index contributed by atoms with van der Waals surface area (Å²) >= 11 is 3.55. The van der Waals surface area contributed by atoms with E-state index in [9.17, 15) is 0 Å². The van der Waals surface area contributed by atoms with E-state index in [0.717, 1.165) is 40.3 Å². The molecule has 0 saturated carbocycles. The lowest BCUT2D eigenvalue weighted by molar-refractivity contribution is 0.354. The fourth-order valence-corrected chi connectivity index (χ4v) is 3.07. The average Bonchev–Trinajstić information content (AvgIpc) is 2.92. The smallest absolute Gasteiger partial charge is 0.127 e. The highest BCUT2D eigenvalue weighted by Crippen LogP contribution is 2.33. The van der Waals surface area contributed by atoms with Crippen LogP contribution >= 0.6 is 15.9 Å². The molecule has 0 bridgehead atoms. The van der Waals surface area contributed by atoms with Crippen LogP contribution in [0.5, 0.6) is 11.5 Å². The Balaban J connectivity index is 1.81. The molecule has 3 N–H and O–H groups in total. The summed E-state index contributed by atoms with van der Waals surface area (Å²) in [5.74, 6) is 1.75. The van der Waals surface area contributed by atoms with Crippen LogP contribution in [0, 0.1) is 0 Å². The number of nitrogens with one attached hydrogen (secondary N) is 1. The summed E-state index contributed by atoms with van der Waals surface area (Å²) in [5.41, 5.74) is 9.86. The largest absolute Gasteiger partial charge is 0.497 e. The second kappa shape index (κ2) is 5.85. The number of hydrogen-bond donors (Lipinski definition) is 2. The van der Waals surface area contributed by atoms with Gasteiger partial charge in [-0.2, -0.15) is 0 Å². The number of nitrogen functional groups attached to an aromatic ring is 1. The minimum atomic E-state index is 0.674. The zero-order valence-corrected chi connectivity index (χ0v) is 13.4. The summed E-state index contributed by atoms with van der Waals surface area (Å²) in [7, 11) is 1.63. The Morgan fingerprint density at radius 1 is 1.29 bits per heavy atom. The van der Waals surface area contributed by atoms with Crippen molar-refractivity contribution in [3.63, 3.8) is 0 Å². The van der Waals surface area contributed by atoms with Crippen LogP contribution in [0.2, 0.25) is 0 Å². The van der Waals surface area contributed by atoms with Crippen molar-refractivity contribution in [3.05, 3.63) is 45.9 Å². The first-order chi connectivity index (χ1) is 10.2. The highest BCUT2D eigenvalue weighted by atomic mass is 79.9. The molecule has 0 amide bonds. The van der Waals surface area contributed by atoms with Crippen LogP contribution in [0.1, 0.15) is 11.1 Å². The Morgan fingerprint density at radius 2 is 2.14 bits per heavy atom. The van der Waals surface area contributed by atoms with E-state index in [2.05, 4.69) is 33.4 Å². The van der Waals surface area contributed by atoms with Crippen molar-refractivity contribution < 1.29 is 9.47 Å². The van der Waals surface area contributed by atoms with Gasteiger partial charge in [0, 0.05) is 46.5 Å². The molecule has 0 radical (unpaired) electrons. The number of ether oxygens (including phenoxy) is 2. The van der Waals surface area contributed by atoms with Crippen LogP contribution in [0.15, 0.2) is 34.8 Å². The molecule has 0 aromatic heterocycles. The van der Waals surface area contributed by atoms with Gasteiger partial charge in [0.1, 0.15) is 11.5 Å². The fraction of sp³-hybridized carbons (Fsp3) is 0.250. The Kier molecular flexibility index (Phi) is 3.92. The molecule has 0 aliphatic carbocycles. The molecule has 110 valence electrons. The van der Waals surface area contributed by atoms with E-state index in [-0.39, 0.29) is 0 Å². The zero-order valence-electron chi connectivity index (χ0n) is 11.8. The Bertz CT molecular complexity index is 674. The van der Waals surface area contributed by atoms with E-state index in [4.69, 9.17) is 15.2 Å². The van der Waals surface area contributed by atoms with Crippen molar-refractivity contribution in [3.8, 4) is 11.5 Å².